The van der Waals surface area contributed by atoms with Crippen molar-refractivity contribution in [3.05, 3.63) is 101 Å². The van der Waals surface area contributed by atoms with E-state index < -0.39 is 20.0 Å². The number of fused-ring (bicyclic) bond motifs is 1. The zero-order valence-electron chi connectivity index (χ0n) is 17.3. The van der Waals surface area contributed by atoms with Crippen LogP contribution in [0.25, 0.3) is 5.57 Å². The number of hydrogen-bond acceptors (Lipinski definition) is 4. The normalized spacial score (nSPS) is 13.8. The van der Waals surface area contributed by atoms with Gasteiger partial charge in [-0.1, -0.05) is 69.4 Å². The predicted molar refractivity (Wildman–Crippen MR) is 122 cm³/mol. The molecule has 7 heteroatoms. The molecule has 0 aliphatic heterocycles. The zero-order chi connectivity index (χ0) is 22.2. The maximum Gasteiger partial charge on any atom is 0.256 e. The smallest absolute Gasteiger partial charge is 0.206 e. The Morgan fingerprint density at radius 1 is 0.710 bits per heavy atom. The highest BCUT2D eigenvalue weighted by molar-refractivity contribution is 8.04. The van der Waals surface area contributed by atoms with Gasteiger partial charge < -0.3 is 0 Å². The number of hydrogen-bond donors (Lipinski definition) is 0. The van der Waals surface area contributed by atoms with Gasteiger partial charge in [-0.25, -0.2) is 16.8 Å². The van der Waals surface area contributed by atoms with Crippen LogP contribution in [0.4, 0.5) is 0 Å². The molecular formula is C24H23NO4S2. The molecule has 0 spiro atoms. The molecule has 4 rings (SSSR count). The number of allylic oxidation sites excluding steroid dienone is 1. The van der Waals surface area contributed by atoms with E-state index in [0.717, 1.165) is 22.3 Å². The molecule has 1 aliphatic rings. The second-order valence-electron chi connectivity index (χ2n) is 7.66. The summed E-state index contributed by atoms with van der Waals surface area (Å²) in [7, 11) is -8.64. The average Bonchev–Trinajstić information content (AvgIpc) is 3.15. The van der Waals surface area contributed by atoms with Crippen molar-refractivity contribution in [1.29, 1.82) is 0 Å². The number of aryl methyl sites for hydroxylation is 2. The fourth-order valence-electron chi connectivity index (χ4n) is 3.60. The van der Waals surface area contributed by atoms with Gasteiger partial charge in [0, 0.05) is 0 Å². The minimum Gasteiger partial charge on any atom is -0.206 e. The van der Waals surface area contributed by atoms with Gasteiger partial charge >= 0.3 is 0 Å². The van der Waals surface area contributed by atoms with Crippen LogP contribution in [-0.2, 0) is 26.5 Å². The summed E-state index contributed by atoms with van der Waals surface area (Å²) in [6, 6.07) is 20.1. The third-order valence-corrected chi connectivity index (χ3v) is 9.65. The molecule has 0 radical (unpaired) electrons. The molecule has 0 heterocycles. The van der Waals surface area contributed by atoms with E-state index in [9.17, 15) is 16.8 Å². The maximum absolute atomic E-state index is 13.5. The molecule has 0 saturated heterocycles. The molecule has 5 nitrogen and oxygen atoms in total. The topological polar surface area (TPSA) is 71.5 Å². The lowest BCUT2D eigenvalue weighted by Crippen LogP contribution is -2.38. The Balaban J connectivity index is 1.83. The second kappa shape index (κ2) is 8.07. The first-order valence-corrected chi connectivity index (χ1v) is 12.8. The summed E-state index contributed by atoms with van der Waals surface area (Å²) in [6.45, 7) is 3.43. The van der Waals surface area contributed by atoms with Crippen molar-refractivity contribution >= 4 is 25.6 Å². The first-order valence-electron chi connectivity index (χ1n) is 9.88. The fourth-order valence-corrected chi connectivity index (χ4v) is 7.20. The lowest BCUT2D eigenvalue weighted by molar-refractivity contribution is 0.515. The van der Waals surface area contributed by atoms with E-state index in [0.29, 0.717) is 15.7 Å². The fraction of sp³-hybridized carbons (Fsp3) is 0.167. The van der Waals surface area contributed by atoms with Crippen LogP contribution < -0.4 is 0 Å². The van der Waals surface area contributed by atoms with E-state index >= 15 is 0 Å². The van der Waals surface area contributed by atoms with Gasteiger partial charge in [0.1, 0.15) is 0 Å². The van der Waals surface area contributed by atoms with Crippen LogP contribution in [-0.4, -0.2) is 27.1 Å². The summed E-state index contributed by atoms with van der Waals surface area (Å²) < 4.78 is 54.8. The van der Waals surface area contributed by atoms with Crippen LogP contribution in [0.5, 0.6) is 0 Å². The van der Waals surface area contributed by atoms with Crippen molar-refractivity contribution in [2.24, 2.45) is 0 Å². The molecule has 0 saturated carbocycles. The SMILES string of the molecule is Cc1ccc(S(=O)(=O)N(CC2=CCc3ccccc32)S(=O)(=O)c2ccc(C)cc2)cc1. The second-order valence-corrected chi connectivity index (χ2v) is 11.6. The highest BCUT2D eigenvalue weighted by Gasteiger charge is 2.38. The Morgan fingerprint density at radius 3 is 1.71 bits per heavy atom. The minimum absolute atomic E-state index is 0.0549. The van der Waals surface area contributed by atoms with Crippen LogP contribution in [0.15, 0.2) is 88.7 Å². The van der Waals surface area contributed by atoms with E-state index in [2.05, 4.69) is 0 Å². The highest BCUT2D eigenvalue weighted by atomic mass is 32.3. The molecule has 0 bridgehead atoms. The Morgan fingerprint density at radius 2 is 1.19 bits per heavy atom. The lowest BCUT2D eigenvalue weighted by Gasteiger charge is -2.23. The van der Waals surface area contributed by atoms with Crippen molar-refractivity contribution in [2.75, 3.05) is 6.54 Å². The van der Waals surface area contributed by atoms with Crippen molar-refractivity contribution in [3.63, 3.8) is 0 Å². The van der Waals surface area contributed by atoms with E-state index in [4.69, 9.17) is 0 Å². The molecule has 0 atom stereocenters. The molecule has 0 aromatic heterocycles. The lowest BCUT2D eigenvalue weighted by atomic mass is 10.1. The van der Waals surface area contributed by atoms with Gasteiger partial charge in [-0.05, 0) is 61.2 Å². The van der Waals surface area contributed by atoms with E-state index in [1.165, 1.54) is 24.3 Å². The van der Waals surface area contributed by atoms with E-state index in [-0.39, 0.29) is 16.3 Å². The van der Waals surface area contributed by atoms with Crippen LogP contribution in [0.3, 0.4) is 0 Å². The summed E-state index contributed by atoms with van der Waals surface area (Å²) in [4.78, 5) is -0.110. The maximum atomic E-state index is 13.5. The first-order chi connectivity index (χ1) is 14.7. The average molecular weight is 454 g/mol. The van der Waals surface area contributed by atoms with Crippen molar-refractivity contribution < 1.29 is 16.8 Å². The van der Waals surface area contributed by atoms with Gasteiger partial charge in [0.25, 0.3) is 20.0 Å². The molecule has 1 aliphatic carbocycles. The summed E-state index contributed by atoms with van der Waals surface area (Å²) in [5, 5.41) is 0. The third kappa shape index (κ3) is 4.08. The zero-order valence-corrected chi connectivity index (χ0v) is 18.9. The largest absolute Gasteiger partial charge is 0.256 e. The molecule has 31 heavy (non-hydrogen) atoms. The van der Waals surface area contributed by atoms with Crippen molar-refractivity contribution in [2.45, 2.75) is 30.1 Å². The van der Waals surface area contributed by atoms with Gasteiger partial charge in [-0.2, -0.15) is 0 Å². The summed E-state index contributed by atoms with van der Waals surface area (Å²) in [6.07, 6.45) is 2.54. The summed E-state index contributed by atoms with van der Waals surface area (Å²) in [5.41, 5.74) is 4.39. The van der Waals surface area contributed by atoms with Crippen LogP contribution in [0.2, 0.25) is 0 Å². The van der Waals surface area contributed by atoms with Gasteiger partial charge in [-0.15, -0.1) is 0 Å². The standard InChI is InChI=1S/C24H23NO4S2/c1-18-7-13-22(14-8-18)30(26,27)25(31(28,29)23-15-9-19(2)10-16-23)17-21-12-11-20-5-3-4-6-24(20)21/h3-10,12-16H,11,17H2,1-2H3. The van der Waals surface area contributed by atoms with Crippen molar-refractivity contribution in [1.82, 2.24) is 3.71 Å². The van der Waals surface area contributed by atoms with Gasteiger partial charge in [0.2, 0.25) is 0 Å². The van der Waals surface area contributed by atoms with Crippen LogP contribution in [0, 0.1) is 13.8 Å². The van der Waals surface area contributed by atoms with Gasteiger partial charge in [0.05, 0.1) is 16.3 Å². The molecular weight excluding hydrogens is 430 g/mol. The Kier molecular flexibility index (Phi) is 5.60. The molecule has 0 amide bonds. The Bertz CT molecular complexity index is 1280. The minimum atomic E-state index is -4.32. The van der Waals surface area contributed by atoms with E-state index in [1.54, 1.807) is 24.3 Å². The van der Waals surface area contributed by atoms with E-state index in [1.807, 2.05) is 44.2 Å². The molecule has 3 aromatic rings. The number of benzene rings is 3. The number of sulfonamides is 2. The Labute approximate surface area is 183 Å². The molecule has 0 unspecified atom stereocenters. The predicted octanol–water partition coefficient (Wildman–Crippen LogP) is 4.32. The third-order valence-electron chi connectivity index (χ3n) is 5.40. The van der Waals surface area contributed by atoms with Crippen molar-refractivity contribution in [3.8, 4) is 0 Å². The number of nitrogens with zero attached hydrogens (tertiary/aromatic N) is 1. The molecule has 0 fully saturated rings. The van der Waals surface area contributed by atoms with Crippen LogP contribution >= 0.6 is 0 Å². The highest BCUT2D eigenvalue weighted by Crippen LogP contribution is 2.32. The summed E-state index contributed by atoms with van der Waals surface area (Å²) in [5.74, 6) is 0. The van der Waals surface area contributed by atoms with Gasteiger partial charge in [0.15, 0.2) is 0 Å². The van der Waals surface area contributed by atoms with Gasteiger partial charge in [-0.3, -0.25) is 0 Å². The molecule has 3 aromatic carbocycles. The Hall–Kier alpha value is -2.74. The summed E-state index contributed by atoms with van der Waals surface area (Å²) >= 11 is 0. The van der Waals surface area contributed by atoms with Crippen LogP contribution in [0.1, 0.15) is 22.3 Å². The quantitative estimate of drug-likeness (QED) is 0.557. The molecule has 0 N–H and O–H groups in total. The number of rotatable bonds is 6. The molecule has 160 valence electrons. The first kappa shape index (κ1) is 21.5. The monoisotopic (exact) mass is 453 g/mol.